The van der Waals surface area contributed by atoms with Crippen molar-refractivity contribution in [1.29, 1.82) is 0 Å². The first-order chi connectivity index (χ1) is 27.6. The van der Waals surface area contributed by atoms with Crippen LogP contribution in [0.5, 0.6) is 0 Å². The van der Waals surface area contributed by atoms with Crippen molar-refractivity contribution in [2.45, 2.75) is 44.9 Å². The van der Waals surface area contributed by atoms with E-state index >= 15 is 4.39 Å². The van der Waals surface area contributed by atoms with Crippen LogP contribution >= 0.6 is 0 Å². The molecule has 3 aromatic rings. The van der Waals surface area contributed by atoms with Gasteiger partial charge in [0.2, 0.25) is 17.8 Å². The van der Waals surface area contributed by atoms with Crippen LogP contribution in [0.3, 0.4) is 0 Å². The van der Waals surface area contributed by atoms with E-state index in [1.54, 1.807) is 4.90 Å². The van der Waals surface area contributed by atoms with E-state index < -0.39 is 40.8 Å². The fourth-order valence-electron chi connectivity index (χ4n) is 6.70. The van der Waals surface area contributed by atoms with Gasteiger partial charge >= 0.3 is 6.18 Å². The number of hydrogen-bond donors (Lipinski definition) is 2. The van der Waals surface area contributed by atoms with Gasteiger partial charge in [-0.05, 0) is 51.2 Å². The van der Waals surface area contributed by atoms with Crippen LogP contribution in [0.4, 0.5) is 39.3 Å². The molecule has 3 amide bonds. The Morgan fingerprint density at radius 3 is 2.00 bits per heavy atom. The number of likely N-dealkylation sites (N-methyl/N-ethyl adjacent to an activating group) is 1. The number of anilines is 3. The smallest absolute Gasteiger partial charge is 0.379 e. The highest BCUT2D eigenvalue weighted by molar-refractivity contribution is 6.07. The molecule has 19 heteroatoms. The number of piperazine rings is 2. The summed E-state index contributed by atoms with van der Waals surface area (Å²) in [5, 5.41) is 2.55. The quantitative estimate of drug-likeness (QED) is 0.149. The fourth-order valence-corrected chi connectivity index (χ4v) is 6.70. The number of rotatable bonds is 17. The van der Waals surface area contributed by atoms with Crippen LogP contribution in [0.2, 0.25) is 0 Å². The Bertz CT molecular complexity index is 1870. The van der Waals surface area contributed by atoms with E-state index in [2.05, 4.69) is 20.2 Å². The van der Waals surface area contributed by atoms with E-state index in [9.17, 15) is 31.9 Å². The number of amides is 3. The molecular formula is C39H49F5N8O6. The van der Waals surface area contributed by atoms with Crippen LogP contribution in [0.1, 0.15) is 42.6 Å². The molecule has 2 aliphatic rings. The first-order valence-corrected chi connectivity index (χ1v) is 19.0. The molecule has 1 unspecified atom stereocenters. The minimum atomic E-state index is -5.01. The molecule has 58 heavy (non-hydrogen) atoms. The summed E-state index contributed by atoms with van der Waals surface area (Å²) in [4.78, 5) is 53.4. The summed E-state index contributed by atoms with van der Waals surface area (Å²) in [7, 11) is 1.96. The molecule has 2 aliphatic heterocycles. The van der Waals surface area contributed by atoms with Crippen molar-refractivity contribution in [3.8, 4) is 11.1 Å². The van der Waals surface area contributed by atoms with Gasteiger partial charge in [0, 0.05) is 81.3 Å². The molecule has 0 radical (unpaired) electrons. The predicted octanol–water partition coefficient (Wildman–Crippen LogP) is 4.19. The number of alkyl halides is 3. The number of carbonyl (C=O) groups is 3. The molecule has 2 fully saturated rings. The molecule has 3 N–H and O–H groups in total. The number of halogens is 5. The molecule has 0 spiro atoms. The van der Waals surface area contributed by atoms with E-state index in [4.69, 9.17) is 19.9 Å². The summed E-state index contributed by atoms with van der Waals surface area (Å²) in [5.74, 6) is -3.07. The Kier molecular flexibility index (Phi) is 15.3. The number of hydrogen-bond acceptors (Lipinski definition) is 11. The lowest BCUT2D eigenvalue weighted by molar-refractivity contribution is -0.138. The number of primary amides is 1. The minimum Gasteiger partial charge on any atom is -0.379 e. The molecule has 2 saturated heterocycles. The zero-order chi connectivity index (χ0) is 42.0. The molecular weight excluding hydrogens is 771 g/mol. The lowest BCUT2D eigenvalue weighted by Crippen LogP contribution is -2.55. The molecule has 14 nitrogen and oxygen atoms in total. The van der Waals surface area contributed by atoms with E-state index in [0.717, 1.165) is 12.1 Å². The van der Waals surface area contributed by atoms with Gasteiger partial charge in [0.15, 0.2) is 0 Å². The maximum Gasteiger partial charge on any atom is 0.417 e. The second-order valence-corrected chi connectivity index (χ2v) is 14.2. The normalized spacial score (nSPS) is 17.8. The maximum absolute atomic E-state index is 16.0. The van der Waals surface area contributed by atoms with Crippen molar-refractivity contribution >= 4 is 35.0 Å². The zero-order valence-corrected chi connectivity index (χ0v) is 32.7. The van der Waals surface area contributed by atoms with Crippen LogP contribution in [0, 0.1) is 11.6 Å². The average Bonchev–Trinajstić information content (AvgIpc) is 3.19. The second kappa shape index (κ2) is 20.1. The predicted molar refractivity (Wildman–Crippen MR) is 205 cm³/mol. The second-order valence-electron chi connectivity index (χ2n) is 14.2. The van der Waals surface area contributed by atoms with Gasteiger partial charge in [0.05, 0.1) is 68.6 Å². The highest BCUT2D eigenvalue weighted by Crippen LogP contribution is 2.38. The minimum absolute atomic E-state index is 0.00579. The van der Waals surface area contributed by atoms with Crippen molar-refractivity contribution in [3.05, 3.63) is 65.5 Å². The Hall–Kier alpha value is -4.98. The monoisotopic (exact) mass is 820 g/mol. The lowest BCUT2D eigenvalue weighted by atomic mass is 10.0. The summed E-state index contributed by atoms with van der Waals surface area (Å²) >= 11 is 0. The molecule has 0 aliphatic carbocycles. The first-order valence-electron chi connectivity index (χ1n) is 19.0. The van der Waals surface area contributed by atoms with Gasteiger partial charge in [0.25, 0.3) is 5.91 Å². The average molecular weight is 821 g/mol. The largest absolute Gasteiger partial charge is 0.417 e. The Morgan fingerprint density at radius 1 is 0.828 bits per heavy atom. The van der Waals surface area contributed by atoms with E-state index in [-0.39, 0.29) is 72.6 Å². The number of nitrogens with two attached hydrogens (primary N) is 1. The number of nitrogens with one attached hydrogen (secondary N) is 1. The van der Waals surface area contributed by atoms with Gasteiger partial charge in [-0.15, -0.1) is 0 Å². The fraction of sp³-hybridized carbons (Fsp3) is 0.513. The van der Waals surface area contributed by atoms with Gasteiger partial charge < -0.3 is 40.0 Å². The van der Waals surface area contributed by atoms with Crippen LogP contribution in [-0.4, -0.2) is 136 Å². The van der Waals surface area contributed by atoms with Crippen molar-refractivity contribution in [2.75, 3.05) is 101 Å². The van der Waals surface area contributed by atoms with E-state index in [0.29, 0.717) is 71.6 Å². The number of nitrogens with zero attached hydrogens (tertiary/aromatic N) is 6. The van der Waals surface area contributed by atoms with Crippen LogP contribution in [0.15, 0.2) is 42.7 Å². The lowest BCUT2D eigenvalue weighted by Gasteiger charge is -2.44. The molecule has 2 aromatic carbocycles. The molecule has 5 rings (SSSR count). The van der Waals surface area contributed by atoms with Gasteiger partial charge in [-0.1, -0.05) is 0 Å². The number of benzene rings is 2. The van der Waals surface area contributed by atoms with Crippen LogP contribution in [0.25, 0.3) is 11.1 Å². The molecule has 0 bridgehead atoms. The van der Waals surface area contributed by atoms with Gasteiger partial charge in [-0.3, -0.25) is 19.3 Å². The van der Waals surface area contributed by atoms with Crippen molar-refractivity contribution in [2.24, 2.45) is 5.73 Å². The topological polar surface area (TPSA) is 156 Å². The third-order valence-electron chi connectivity index (χ3n) is 10.1. The summed E-state index contributed by atoms with van der Waals surface area (Å²) in [6.07, 6.45) is -1.81. The Labute approximate surface area is 333 Å². The van der Waals surface area contributed by atoms with Crippen molar-refractivity contribution in [3.63, 3.8) is 0 Å². The van der Waals surface area contributed by atoms with Gasteiger partial charge in [-0.25, -0.2) is 18.7 Å². The van der Waals surface area contributed by atoms with Crippen LogP contribution in [-0.2, 0) is 30.0 Å². The van der Waals surface area contributed by atoms with Crippen molar-refractivity contribution in [1.82, 2.24) is 19.8 Å². The third-order valence-corrected chi connectivity index (χ3v) is 10.1. The van der Waals surface area contributed by atoms with Gasteiger partial charge in [0.1, 0.15) is 11.6 Å². The summed E-state index contributed by atoms with van der Waals surface area (Å²) < 4.78 is 87.5. The molecule has 1 aromatic heterocycles. The SMILES string of the molecule is CC1CN(c2cc(F)c(-c3cnc(N4CCN(C(=O)CCOCCOCCOCCC(N)=O)CC4)nc3)cc2NC(=O)c2ccc(F)cc2C(F)(F)F)C[C@@H](C)N1C. The molecule has 3 heterocycles. The van der Waals surface area contributed by atoms with E-state index in [1.165, 1.54) is 24.5 Å². The Balaban J connectivity index is 1.20. The summed E-state index contributed by atoms with van der Waals surface area (Å²) in [6.45, 7) is 8.44. The zero-order valence-electron chi connectivity index (χ0n) is 32.7. The first kappa shape index (κ1) is 44.1. The molecule has 0 saturated carbocycles. The highest BCUT2D eigenvalue weighted by atomic mass is 19.4. The molecule has 316 valence electrons. The third kappa shape index (κ3) is 11.8. The number of aromatic nitrogens is 2. The van der Waals surface area contributed by atoms with Crippen molar-refractivity contribution < 1.29 is 50.5 Å². The number of carbonyl (C=O) groups excluding carboxylic acids is 3. The van der Waals surface area contributed by atoms with Crippen LogP contribution < -0.4 is 20.9 Å². The van der Waals surface area contributed by atoms with E-state index in [1.807, 2.05) is 30.7 Å². The molecule has 2 atom stereocenters. The summed E-state index contributed by atoms with van der Waals surface area (Å²) in [5.41, 5.74) is 3.43. The Morgan fingerprint density at radius 2 is 1.41 bits per heavy atom. The summed E-state index contributed by atoms with van der Waals surface area (Å²) in [6, 6.07) is 4.47. The highest BCUT2D eigenvalue weighted by Gasteiger charge is 2.36. The number of ether oxygens (including phenoxy) is 3. The standard InChI is InChI=1S/C39H49F5N8O6/c1-25-23-52(24-26(2)49(25)3)34-20-32(41)30(19-33(34)48-37(55)29-5-4-28(40)18-31(29)39(42,43)44)27-21-46-38(47-22-27)51-10-8-50(9-11-51)36(54)7-13-57-15-17-58-16-14-56-12-6-35(45)53/h4-5,18-22,25-26H,6-17,23-24H2,1-3H3,(H2,45,53)(H,48,55)/t25-,26?/m1/s1. The van der Waals surface area contributed by atoms with Gasteiger partial charge in [-0.2, -0.15) is 13.2 Å². The maximum atomic E-state index is 16.0.